The number of imidazole rings is 1. The number of rotatable bonds is 8. The molecule has 0 spiro atoms. The molecule has 5 heteroatoms. The van der Waals surface area contributed by atoms with Crippen LogP contribution in [0.1, 0.15) is 60.9 Å². The second-order valence-electron chi connectivity index (χ2n) is 8.23. The SMILES string of the molecule is CCCn1c(CN(CCC(C)C)C(=O)c2ccc(C)c(C)c2)nc2cccnc21. The molecule has 0 unspecified atom stereocenters. The highest BCUT2D eigenvalue weighted by Gasteiger charge is 2.21. The monoisotopic (exact) mass is 392 g/mol. The second-order valence-corrected chi connectivity index (χ2v) is 8.23. The van der Waals surface area contributed by atoms with Gasteiger partial charge in [-0.3, -0.25) is 4.79 Å². The van der Waals surface area contributed by atoms with E-state index in [1.165, 1.54) is 5.56 Å². The van der Waals surface area contributed by atoms with Crippen molar-refractivity contribution in [3.63, 3.8) is 0 Å². The number of pyridine rings is 1. The Bertz CT molecular complexity index is 990. The predicted octanol–water partition coefficient (Wildman–Crippen LogP) is 5.15. The van der Waals surface area contributed by atoms with Gasteiger partial charge in [0.1, 0.15) is 11.3 Å². The summed E-state index contributed by atoms with van der Waals surface area (Å²) in [5, 5.41) is 0. The first-order valence-electron chi connectivity index (χ1n) is 10.6. The van der Waals surface area contributed by atoms with Gasteiger partial charge in [-0.05, 0) is 68.0 Å². The lowest BCUT2D eigenvalue weighted by molar-refractivity contribution is 0.0729. The molecule has 3 aromatic rings. The maximum absolute atomic E-state index is 13.4. The molecule has 0 aliphatic carbocycles. The molecule has 0 saturated carbocycles. The standard InChI is InChI=1S/C24H32N4O/c1-6-13-28-22(26-21-8-7-12-25-23(21)28)16-27(14-11-17(2)3)24(29)20-10-9-18(4)19(5)15-20/h7-10,12,15,17H,6,11,13-14,16H2,1-5H3. The van der Waals surface area contributed by atoms with Crippen LogP contribution in [-0.2, 0) is 13.1 Å². The molecular formula is C24H32N4O. The van der Waals surface area contributed by atoms with E-state index in [0.717, 1.165) is 47.5 Å². The molecule has 0 fully saturated rings. The van der Waals surface area contributed by atoms with Gasteiger partial charge in [-0.2, -0.15) is 0 Å². The highest BCUT2D eigenvalue weighted by Crippen LogP contribution is 2.19. The Hall–Kier alpha value is -2.69. The fraction of sp³-hybridized carbons (Fsp3) is 0.458. The highest BCUT2D eigenvalue weighted by atomic mass is 16.2. The number of aryl methyl sites for hydroxylation is 3. The molecule has 154 valence electrons. The molecule has 0 bridgehead atoms. The number of benzene rings is 1. The van der Waals surface area contributed by atoms with Crippen molar-refractivity contribution in [3.05, 3.63) is 59.0 Å². The van der Waals surface area contributed by atoms with Gasteiger partial charge >= 0.3 is 0 Å². The molecule has 0 radical (unpaired) electrons. The third kappa shape index (κ3) is 4.84. The van der Waals surface area contributed by atoms with Crippen LogP contribution < -0.4 is 0 Å². The molecule has 1 amide bonds. The van der Waals surface area contributed by atoms with E-state index in [9.17, 15) is 4.79 Å². The Labute approximate surface area is 173 Å². The van der Waals surface area contributed by atoms with Crippen molar-refractivity contribution in [2.75, 3.05) is 6.54 Å². The topological polar surface area (TPSA) is 51.0 Å². The molecule has 0 saturated heterocycles. The van der Waals surface area contributed by atoms with E-state index in [2.05, 4.69) is 44.2 Å². The maximum atomic E-state index is 13.4. The number of nitrogens with zero attached hydrogens (tertiary/aromatic N) is 4. The van der Waals surface area contributed by atoms with E-state index in [4.69, 9.17) is 4.98 Å². The third-order valence-electron chi connectivity index (χ3n) is 5.38. The number of carbonyl (C=O) groups is 1. The fourth-order valence-corrected chi connectivity index (χ4v) is 3.48. The largest absolute Gasteiger partial charge is 0.331 e. The number of aromatic nitrogens is 3. The Morgan fingerprint density at radius 1 is 1.17 bits per heavy atom. The number of carbonyl (C=O) groups excluding carboxylic acids is 1. The summed E-state index contributed by atoms with van der Waals surface area (Å²) in [6, 6.07) is 9.85. The van der Waals surface area contributed by atoms with E-state index < -0.39 is 0 Å². The Kier molecular flexibility index (Phi) is 6.68. The van der Waals surface area contributed by atoms with Crippen molar-refractivity contribution in [2.45, 2.75) is 60.5 Å². The summed E-state index contributed by atoms with van der Waals surface area (Å²) >= 11 is 0. The van der Waals surface area contributed by atoms with E-state index in [0.29, 0.717) is 19.0 Å². The number of hydrogen-bond donors (Lipinski definition) is 0. The van der Waals surface area contributed by atoms with Gasteiger partial charge in [0.05, 0.1) is 6.54 Å². The van der Waals surface area contributed by atoms with Crippen molar-refractivity contribution in [2.24, 2.45) is 5.92 Å². The minimum atomic E-state index is 0.0665. The molecule has 2 heterocycles. The normalized spacial score (nSPS) is 11.4. The van der Waals surface area contributed by atoms with Crippen LogP contribution in [0.4, 0.5) is 0 Å². The second kappa shape index (κ2) is 9.21. The summed E-state index contributed by atoms with van der Waals surface area (Å²) in [6.07, 6.45) is 3.76. The molecule has 3 rings (SSSR count). The van der Waals surface area contributed by atoms with Crippen molar-refractivity contribution in [1.29, 1.82) is 0 Å². The van der Waals surface area contributed by atoms with Crippen LogP contribution in [0.5, 0.6) is 0 Å². The van der Waals surface area contributed by atoms with Crippen LogP contribution in [0.15, 0.2) is 36.5 Å². The molecule has 0 aliphatic heterocycles. The smallest absolute Gasteiger partial charge is 0.254 e. The molecule has 0 N–H and O–H groups in total. The van der Waals surface area contributed by atoms with Crippen LogP contribution in [0, 0.1) is 19.8 Å². The molecule has 0 atom stereocenters. The molecule has 2 aromatic heterocycles. The average molecular weight is 393 g/mol. The molecule has 29 heavy (non-hydrogen) atoms. The fourth-order valence-electron chi connectivity index (χ4n) is 3.48. The average Bonchev–Trinajstić information content (AvgIpc) is 3.04. The zero-order valence-electron chi connectivity index (χ0n) is 18.3. The zero-order chi connectivity index (χ0) is 21.0. The number of fused-ring (bicyclic) bond motifs is 1. The third-order valence-corrected chi connectivity index (χ3v) is 5.38. The quantitative estimate of drug-likeness (QED) is 0.533. The first-order valence-corrected chi connectivity index (χ1v) is 10.6. The maximum Gasteiger partial charge on any atom is 0.254 e. The van der Waals surface area contributed by atoms with E-state index in [1.807, 2.05) is 35.2 Å². The lowest BCUT2D eigenvalue weighted by atomic mass is 10.0. The van der Waals surface area contributed by atoms with Crippen LogP contribution >= 0.6 is 0 Å². The van der Waals surface area contributed by atoms with E-state index in [-0.39, 0.29) is 5.91 Å². The molecule has 1 aromatic carbocycles. The van der Waals surface area contributed by atoms with Gasteiger partial charge in [-0.1, -0.05) is 26.8 Å². The minimum Gasteiger partial charge on any atom is -0.331 e. The zero-order valence-corrected chi connectivity index (χ0v) is 18.3. The van der Waals surface area contributed by atoms with Crippen LogP contribution in [0.25, 0.3) is 11.2 Å². The van der Waals surface area contributed by atoms with Crippen molar-refractivity contribution < 1.29 is 4.79 Å². The van der Waals surface area contributed by atoms with Gasteiger partial charge in [0.15, 0.2) is 5.65 Å². The summed E-state index contributed by atoms with van der Waals surface area (Å²) in [7, 11) is 0. The summed E-state index contributed by atoms with van der Waals surface area (Å²) in [5.41, 5.74) is 4.87. The van der Waals surface area contributed by atoms with Crippen LogP contribution in [0.3, 0.4) is 0 Å². The lowest BCUT2D eigenvalue weighted by Crippen LogP contribution is -2.33. The molecule has 0 aliphatic rings. The minimum absolute atomic E-state index is 0.0665. The van der Waals surface area contributed by atoms with Gasteiger partial charge in [-0.15, -0.1) is 0 Å². The van der Waals surface area contributed by atoms with Crippen molar-refractivity contribution >= 4 is 17.1 Å². The predicted molar refractivity (Wildman–Crippen MR) is 118 cm³/mol. The van der Waals surface area contributed by atoms with Crippen LogP contribution in [0.2, 0.25) is 0 Å². The molecule has 5 nitrogen and oxygen atoms in total. The molecular weight excluding hydrogens is 360 g/mol. The summed E-state index contributed by atoms with van der Waals surface area (Å²) in [4.78, 5) is 24.7. The van der Waals surface area contributed by atoms with Crippen LogP contribution in [-0.4, -0.2) is 31.9 Å². The van der Waals surface area contributed by atoms with Gasteiger partial charge in [0, 0.05) is 24.8 Å². The van der Waals surface area contributed by atoms with Gasteiger partial charge in [0.25, 0.3) is 5.91 Å². The van der Waals surface area contributed by atoms with Gasteiger partial charge in [0.2, 0.25) is 0 Å². The van der Waals surface area contributed by atoms with Gasteiger partial charge in [-0.25, -0.2) is 9.97 Å². The van der Waals surface area contributed by atoms with E-state index in [1.54, 1.807) is 6.20 Å². The summed E-state index contributed by atoms with van der Waals surface area (Å²) in [6.45, 7) is 12.7. The van der Waals surface area contributed by atoms with E-state index >= 15 is 0 Å². The summed E-state index contributed by atoms with van der Waals surface area (Å²) < 4.78 is 2.16. The lowest BCUT2D eigenvalue weighted by Gasteiger charge is -2.24. The Balaban J connectivity index is 1.95. The Morgan fingerprint density at radius 2 is 1.97 bits per heavy atom. The van der Waals surface area contributed by atoms with Crippen molar-refractivity contribution in [3.8, 4) is 0 Å². The number of hydrogen-bond acceptors (Lipinski definition) is 3. The summed E-state index contributed by atoms with van der Waals surface area (Å²) in [5.74, 6) is 1.50. The highest BCUT2D eigenvalue weighted by molar-refractivity contribution is 5.94. The Morgan fingerprint density at radius 3 is 2.66 bits per heavy atom. The first-order chi connectivity index (χ1) is 13.9. The number of amides is 1. The van der Waals surface area contributed by atoms with Crippen molar-refractivity contribution in [1.82, 2.24) is 19.4 Å². The van der Waals surface area contributed by atoms with Gasteiger partial charge < -0.3 is 9.47 Å². The first kappa shape index (κ1) is 21.0.